The topological polar surface area (TPSA) is 58.0 Å². The molecule has 0 aliphatic heterocycles. The van der Waals surface area contributed by atoms with Gasteiger partial charge in [0.05, 0.1) is 0 Å². The lowest BCUT2D eigenvalue weighted by molar-refractivity contribution is 0.461. The fourth-order valence-corrected chi connectivity index (χ4v) is 3.95. The van der Waals surface area contributed by atoms with Crippen molar-refractivity contribution in [2.24, 2.45) is 0 Å². The normalized spacial score (nSPS) is 15.8. The molecule has 0 unspecified atom stereocenters. The lowest BCUT2D eigenvalue weighted by atomic mass is 9.95. The van der Waals surface area contributed by atoms with Crippen LogP contribution in [0.5, 0.6) is 0 Å². The van der Waals surface area contributed by atoms with Crippen LogP contribution in [0.2, 0.25) is 0 Å². The molecule has 0 radical (unpaired) electrons. The van der Waals surface area contributed by atoms with Crippen LogP contribution in [0, 0.1) is 0 Å². The molecule has 2 N–H and O–H groups in total. The highest BCUT2D eigenvalue weighted by molar-refractivity contribution is 5.98. The van der Waals surface area contributed by atoms with Crippen molar-refractivity contribution in [3.63, 3.8) is 0 Å². The van der Waals surface area contributed by atoms with Crippen LogP contribution in [0.3, 0.4) is 0 Å². The average Bonchev–Trinajstić information content (AvgIpc) is 3.25. The lowest BCUT2D eigenvalue weighted by Gasteiger charge is -2.23. The summed E-state index contributed by atoms with van der Waals surface area (Å²) in [7, 11) is 0. The standard InChI is InChI=1S/C20H21N5/c1-2-9-15(10-3-1)23-19-18(24-20-21-13-22-25(19)20)17-12-6-8-14-7-4-5-11-16(14)17/h4-8,11-13,15,23H,1-3,9-10H2,(H,21,22,24). The molecule has 1 aliphatic rings. The highest BCUT2D eigenvalue weighted by Gasteiger charge is 2.21. The number of hydrogen-bond donors (Lipinski definition) is 2. The van der Waals surface area contributed by atoms with Gasteiger partial charge in [-0.2, -0.15) is 0 Å². The Kier molecular flexibility index (Phi) is 3.44. The number of nitrogens with zero attached hydrogens (tertiary/aromatic N) is 3. The van der Waals surface area contributed by atoms with Crippen molar-refractivity contribution in [3.8, 4) is 11.3 Å². The van der Waals surface area contributed by atoms with Crippen LogP contribution in [0.4, 0.5) is 5.82 Å². The average molecular weight is 331 g/mol. The van der Waals surface area contributed by atoms with Gasteiger partial charge in [-0.1, -0.05) is 61.7 Å². The molecule has 0 spiro atoms. The van der Waals surface area contributed by atoms with Gasteiger partial charge in [0.15, 0.2) is 5.82 Å². The Labute approximate surface area is 146 Å². The van der Waals surface area contributed by atoms with E-state index < -0.39 is 0 Å². The van der Waals surface area contributed by atoms with Gasteiger partial charge in [0.25, 0.3) is 5.78 Å². The lowest BCUT2D eigenvalue weighted by Crippen LogP contribution is -2.23. The summed E-state index contributed by atoms with van der Waals surface area (Å²) in [5.74, 6) is 1.73. The van der Waals surface area contributed by atoms with Gasteiger partial charge in [-0.25, -0.2) is 14.5 Å². The second-order valence-electron chi connectivity index (χ2n) is 6.84. The van der Waals surface area contributed by atoms with Gasteiger partial charge >= 0.3 is 0 Å². The quantitative estimate of drug-likeness (QED) is 0.576. The third-order valence-electron chi connectivity index (χ3n) is 5.22. The molecule has 0 saturated heterocycles. The number of H-pyrrole nitrogens is 1. The predicted octanol–water partition coefficient (Wildman–Crippen LogP) is 4.62. The third-order valence-corrected chi connectivity index (χ3v) is 5.22. The minimum atomic E-state index is 0.505. The summed E-state index contributed by atoms with van der Waals surface area (Å²) in [6.45, 7) is 0. The van der Waals surface area contributed by atoms with Crippen molar-refractivity contribution in [3.05, 3.63) is 48.8 Å². The van der Waals surface area contributed by atoms with Gasteiger partial charge in [0, 0.05) is 11.6 Å². The molecular weight excluding hydrogens is 310 g/mol. The molecular formula is C20H21N5. The van der Waals surface area contributed by atoms with Gasteiger partial charge in [-0.15, -0.1) is 0 Å². The van der Waals surface area contributed by atoms with E-state index in [1.54, 1.807) is 6.33 Å². The molecule has 25 heavy (non-hydrogen) atoms. The molecule has 126 valence electrons. The van der Waals surface area contributed by atoms with Crippen LogP contribution in [-0.4, -0.2) is 25.6 Å². The second kappa shape index (κ2) is 5.92. The molecule has 2 aromatic heterocycles. The Bertz CT molecular complexity index is 1020. The van der Waals surface area contributed by atoms with Crippen molar-refractivity contribution in [1.29, 1.82) is 0 Å². The van der Waals surface area contributed by atoms with E-state index in [2.05, 4.69) is 57.9 Å². The van der Waals surface area contributed by atoms with Crippen LogP contribution in [0.1, 0.15) is 32.1 Å². The zero-order valence-corrected chi connectivity index (χ0v) is 14.1. The summed E-state index contributed by atoms with van der Waals surface area (Å²) >= 11 is 0. The highest BCUT2D eigenvalue weighted by atomic mass is 15.4. The molecule has 1 aliphatic carbocycles. The molecule has 0 amide bonds. The SMILES string of the molecule is c1ccc2c(-c3nc4nc[nH]n4c3NC3CCCCC3)cccc2c1. The van der Waals surface area contributed by atoms with Crippen molar-refractivity contribution >= 4 is 22.4 Å². The van der Waals surface area contributed by atoms with Crippen LogP contribution in [0.15, 0.2) is 48.8 Å². The van der Waals surface area contributed by atoms with Crippen molar-refractivity contribution in [1.82, 2.24) is 19.6 Å². The number of benzene rings is 2. The van der Waals surface area contributed by atoms with Gasteiger partial charge in [0.2, 0.25) is 0 Å². The maximum absolute atomic E-state index is 4.82. The maximum atomic E-state index is 4.82. The zero-order valence-electron chi connectivity index (χ0n) is 14.1. The summed E-state index contributed by atoms with van der Waals surface area (Å²) in [4.78, 5) is 9.17. The van der Waals surface area contributed by atoms with E-state index in [1.165, 1.54) is 42.9 Å². The fraction of sp³-hybridized carbons (Fsp3) is 0.300. The van der Waals surface area contributed by atoms with Crippen LogP contribution in [-0.2, 0) is 0 Å². The summed E-state index contributed by atoms with van der Waals surface area (Å²) in [6, 6.07) is 15.4. The van der Waals surface area contributed by atoms with E-state index in [0.29, 0.717) is 11.8 Å². The molecule has 5 rings (SSSR count). The zero-order chi connectivity index (χ0) is 16.6. The third kappa shape index (κ3) is 2.47. The van der Waals surface area contributed by atoms with Crippen LogP contribution < -0.4 is 5.32 Å². The van der Waals surface area contributed by atoms with E-state index in [0.717, 1.165) is 17.1 Å². The Morgan fingerprint density at radius 2 is 1.84 bits per heavy atom. The number of fused-ring (bicyclic) bond motifs is 2. The van der Waals surface area contributed by atoms with Crippen LogP contribution in [0.25, 0.3) is 27.8 Å². The Hall–Kier alpha value is -2.82. The van der Waals surface area contributed by atoms with E-state index >= 15 is 0 Å². The first-order chi connectivity index (χ1) is 12.4. The molecule has 4 aromatic rings. The number of aromatic amines is 1. The Balaban J connectivity index is 1.67. The van der Waals surface area contributed by atoms with Gasteiger partial charge in [-0.3, -0.25) is 5.10 Å². The van der Waals surface area contributed by atoms with Crippen molar-refractivity contribution in [2.45, 2.75) is 38.1 Å². The first-order valence-electron chi connectivity index (χ1n) is 9.07. The summed E-state index contributed by atoms with van der Waals surface area (Å²) in [5, 5.41) is 9.40. The molecule has 0 atom stereocenters. The van der Waals surface area contributed by atoms with E-state index in [9.17, 15) is 0 Å². The number of anilines is 1. The number of hydrogen-bond acceptors (Lipinski definition) is 3. The number of imidazole rings is 1. The monoisotopic (exact) mass is 331 g/mol. The summed E-state index contributed by atoms with van der Waals surface area (Å²) in [6.07, 6.45) is 8.08. The second-order valence-corrected chi connectivity index (χ2v) is 6.84. The summed E-state index contributed by atoms with van der Waals surface area (Å²) < 4.78 is 1.96. The smallest absolute Gasteiger partial charge is 0.252 e. The molecule has 5 heteroatoms. The maximum Gasteiger partial charge on any atom is 0.252 e. The molecule has 2 heterocycles. The van der Waals surface area contributed by atoms with Crippen molar-refractivity contribution in [2.75, 3.05) is 5.32 Å². The molecule has 5 nitrogen and oxygen atoms in total. The minimum absolute atomic E-state index is 0.505. The first kappa shape index (κ1) is 14.5. The van der Waals surface area contributed by atoms with Gasteiger partial charge < -0.3 is 5.32 Å². The van der Waals surface area contributed by atoms with E-state index in [4.69, 9.17) is 4.98 Å². The van der Waals surface area contributed by atoms with E-state index in [-0.39, 0.29) is 0 Å². The fourth-order valence-electron chi connectivity index (χ4n) is 3.95. The minimum Gasteiger partial charge on any atom is -0.365 e. The van der Waals surface area contributed by atoms with E-state index in [1.807, 2.05) is 4.52 Å². The molecule has 1 fully saturated rings. The van der Waals surface area contributed by atoms with Crippen LogP contribution >= 0.6 is 0 Å². The summed E-state index contributed by atoms with van der Waals surface area (Å²) in [5.41, 5.74) is 2.12. The molecule has 2 aromatic carbocycles. The Morgan fingerprint density at radius 3 is 2.76 bits per heavy atom. The van der Waals surface area contributed by atoms with Crippen molar-refractivity contribution < 1.29 is 0 Å². The van der Waals surface area contributed by atoms with Gasteiger partial charge in [-0.05, 0) is 23.6 Å². The predicted molar refractivity (Wildman–Crippen MR) is 101 cm³/mol. The number of aromatic nitrogens is 4. The number of nitrogens with one attached hydrogen (secondary N) is 2. The molecule has 0 bridgehead atoms. The molecule has 1 saturated carbocycles. The van der Waals surface area contributed by atoms with Gasteiger partial charge in [0.1, 0.15) is 12.0 Å². The number of rotatable bonds is 3. The largest absolute Gasteiger partial charge is 0.365 e. The highest BCUT2D eigenvalue weighted by Crippen LogP contribution is 2.34. The first-order valence-corrected chi connectivity index (χ1v) is 9.07. The Morgan fingerprint density at radius 1 is 1.00 bits per heavy atom.